The molecule has 1 spiro atoms. The molecule has 0 N–H and O–H groups in total. The minimum Gasteiger partial charge on any atom is -0.332 e. The lowest BCUT2D eigenvalue weighted by atomic mass is 9.92. The molecule has 1 unspecified atom stereocenters. The van der Waals surface area contributed by atoms with Crippen LogP contribution in [0.15, 0.2) is 11.6 Å². The van der Waals surface area contributed by atoms with Crippen LogP contribution in [0, 0.1) is 23.2 Å². The van der Waals surface area contributed by atoms with E-state index < -0.39 is 0 Å². The average molecular weight is 331 g/mol. The lowest BCUT2D eigenvalue weighted by Crippen LogP contribution is -2.40. The lowest BCUT2D eigenvalue weighted by molar-refractivity contribution is -0.126. The van der Waals surface area contributed by atoms with Gasteiger partial charge in [0.1, 0.15) is 5.01 Å². The first-order chi connectivity index (χ1) is 11.0. The Morgan fingerprint density at radius 1 is 1.52 bits per heavy atom. The van der Waals surface area contributed by atoms with Crippen LogP contribution in [0.25, 0.3) is 0 Å². The summed E-state index contributed by atoms with van der Waals surface area (Å²) in [4.78, 5) is 20.8. The third kappa shape index (κ3) is 3.76. The highest BCUT2D eigenvalue weighted by molar-refractivity contribution is 7.09. The van der Waals surface area contributed by atoms with E-state index in [4.69, 9.17) is 0 Å². The van der Waals surface area contributed by atoms with Crippen molar-refractivity contribution in [3.8, 4) is 11.8 Å². The van der Waals surface area contributed by atoms with E-state index in [0.717, 1.165) is 32.5 Å². The molecule has 2 heterocycles. The molecule has 0 radical (unpaired) electrons. The molecule has 1 saturated carbocycles. The fraction of sp³-hybridized carbons (Fsp3) is 0.667. The Balaban J connectivity index is 1.50. The second kappa shape index (κ2) is 6.62. The first kappa shape index (κ1) is 16.5. The van der Waals surface area contributed by atoms with Crippen molar-refractivity contribution in [1.82, 2.24) is 14.8 Å². The van der Waals surface area contributed by atoms with E-state index in [1.54, 1.807) is 11.3 Å². The summed E-state index contributed by atoms with van der Waals surface area (Å²) in [6.07, 6.45) is 5.34. The molecule has 4 nitrogen and oxygen atoms in total. The quantitative estimate of drug-likeness (QED) is 0.799. The Morgan fingerprint density at radius 3 is 2.87 bits per heavy atom. The topological polar surface area (TPSA) is 36.4 Å². The minimum absolute atomic E-state index is 0.00175. The number of nitrogens with zero attached hydrogens (tertiary/aromatic N) is 3. The van der Waals surface area contributed by atoms with Gasteiger partial charge in [0, 0.05) is 36.6 Å². The molecule has 1 aromatic rings. The fourth-order valence-corrected chi connectivity index (χ4v) is 4.26. The van der Waals surface area contributed by atoms with Crippen molar-refractivity contribution in [2.75, 3.05) is 20.1 Å². The summed E-state index contributed by atoms with van der Waals surface area (Å²) in [5.41, 5.74) is 0.425. The smallest absolute Gasteiger partial charge is 0.298 e. The van der Waals surface area contributed by atoms with Crippen LogP contribution in [0.3, 0.4) is 0 Å². The molecule has 0 aromatic carbocycles. The summed E-state index contributed by atoms with van der Waals surface area (Å²) in [6.45, 7) is 6.67. The number of thiazole rings is 1. The molecule has 1 aliphatic heterocycles. The molecular weight excluding hydrogens is 306 g/mol. The Hall–Kier alpha value is -1.38. The van der Waals surface area contributed by atoms with E-state index >= 15 is 0 Å². The first-order valence-corrected chi connectivity index (χ1v) is 9.27. The highest BCUT2D eigenvalue weighted by Gasteiger charge is 2.56. The van der Waals surface area contributed by atoms with Crippen LogP contribution in [-0.2, 0) is 11.3 Å². The molecule has 23 heavy (non-hydrogen) atoms. The minimum atomic E-state index is 0.00175. The maximum atomic E-state index is 12.1. The van der Waals surface area contributed by atoms with Gasteiger partial charge >= 0.3 is 0 Å². The highest BCUT2D eigenvalue weighted by atomic mass is 32.1. The van der Waals surface area contributed by atoms with Gasteiger partial charge in [0.15, 0.2) is 0 Å². The number of amides is 1. The third-order valence-corrected chi connectivity index (χ3v) is 5.83. The Morgan fingerprint density at radius 2 is 2.26 bits per heavy atom. The van der Waals surface area contributed by atoms with Gasteiger partial charge in [0.2, 0.25) is 0 Å². The molecule has 1 atom stereocenters. The zero-order chi connectivity index (χ0) is 16.4. The zero-order valence-corrected chi connectivity index (χ0v) is 15.0. The summed E-state index contributed by atoms with van der Waals surface area (Å²) in [5, 5.41) is 3.22. The maximum Gasteiger partial charge on any atom is 0.298 e. The van der Waals surface area contributed by atoms with Gasteiger partial charge < -0.3 is 4.90 Å². The third-order valence-electron chi connectivity index (χ3n) is 5.06. The van der Waals surface area contributed by atoms with Gasteiger partial charge in [-0.05, 0) is 37.6 Å². The Labute approximate surface area is 142 Å². The van der Waals surface area contributed by atoms with Gasteiger partial charge in [-0.3, -0.25) is 9.69 Å². The van der Waals surface area contributed by atoms with E-state index in [9.17, 15) is 4.79 Å². The number of carbonyl (C=O) groups excluding carboxylic acids is 1. The largest absolute Gasteiger partial charge is 0.332 e. The van der Waals surface area contributed by atoms with Crippen LogP contribution in [0.2, 0.25) is 0 Å². The molecule has 1 amide bonds. The molecule has 2 fully saturated rings. The van der Waals surface area contributed by atoms with E-state index in [-0.39, 0.29) is 11.8 Å². The van der Waals surface area contributed by atoms with Crippen LogP contribution >= 0.6 is 11.3 Å². The summed E-state index contributed by atoms with van der Waals surface area (Å²) < 4.78 is 0. The van der Waals surface area contributed by atoms with Crippen molar-refractivity contribution in [2.24, 2.45) is 11.3 Å². The molecule has 1 saturated heterocycles. The van der Waals surface area contributed by atoms with E-state index in [1.165, 1.54) is 11.4 Å². The number of piperidine rings is 1. The zero-order valence-electron chi connectivity index (χ0n) is 14.2. The van der Waals surface area contributed by atoms with Gasteiger partial charge in [-0.15, -0.1) is 11.3 Å². The molecule has 124 valence electrons. The second-order valence-electron chi connectivity index (χ2n) is 7.14. The standard InChI is InChI=1S/C18H25N3OS/c1-14(2)4-5-17(22)21-9-6-18(7-10-21)12-15(18)20(3)13-16-19-8-11-23-16/h8,11,14-15H,6-7,9-10,12-13H2,1-3H3. The molecule has 5 heteroatoms. The van der Waals surface area contributed by atoms with Crippen molar-refractivity contribution in [3.63, 3.8) is 0 Å². The number of carbonyl (C=O) groups is 1. The van der Waals surface area contributed by atoms with Crippen molar-refractivity contribution >= 4 is 17.2 Å². The first-order valence-electron chi connectivity index (χ1n) is 8.39. The van der Waals surface area contributed by atoms with E-state index in [1.807, 2.05) is 30.3 Å². The van der Waals surface area contributed by atoms with Crippen LogP contribution in [0.5, 0.6) is 0 Å². The van der Waals surface area contributed by atoms with Gasteiger partial charge in [-0.2, -0.15) is 0 Å². The van der Waals surface area contributed by atoms with Gasteiger partial charge in [0.05, 0.1) is 6.54 Å². The molecule has 1 aliphatic carbocycles. The van der Waals surface area contributed by atoms with Crippen LogP contribution < -0.4 is 0 Å². The number of likely N-dealkylation sites (tertiary alicyclic amines) is 1. The summed E-state index contributed by atoms with van der Waals surface area (Å²) in [6, 6.07) is 0.644. The second-order valence-corrected chi connectivity index (χ2v) is 8.12. The Kier molecular flexibility index (Phi) is 4.74. The van der Waals surface area contributed by atoms with Crippen LogP contribution in [-0.4, -0.2) is 46.9 Å². The van der Waals surface area contributed by atoms with Crippen LogP contribution in [0.4, 0.5) is 0 Å². The van der Waals surface area contributed by atoms with Crippen LogP contribution in [0.1, 0.15) is 38.1 Å². The molecular formula is C18H25N3OS. The lowest BCUT2D eigenvalue weighted by Gasteiger charge is -2.33. The van der Waals surface area contributed by atoms with Crippen molar-refractivity contribution < 1.29 is 4.79 Å². The van der Waals surface area contributed by atoms with Crippen molar-refractivity contribution in [1.29, 1.82) is 0 Å². The molecule has 3 rings (SSSR count). The normalized spacial score (nSPS) is 22.3. The summed E-state index contributed by atoms with van der Waals surface area (Å²) in [5.74, 6) is 6.01. The van der Waals surface area contributed by atoms with Gasteiger partial charge in [0.25, 0.3) is 5.91 Å². The van der Waals surface area contributed by atoms with E-state index in [0.29, 0.717) is 11.5 Å². The highest BCUT2D eigenvalue weighted by Crippen LogP contribution is 2.56. The number of aromatic nitrogens is 1. The summed E-state index contributed by atoms with van der Waals surface area (Å²) >= 11 is 1.72. The van der Waals surface area contributed by atoms with Gasteiger partial charge in [-0.1, -0.05) is 19.8 Å². The average Bonchev–Trinajstić information content (AvgIpc) is 2.97. The number of hydrogen-bond donors (Lipinski definition) is 0. The predicted molar refractivity (Wildman–Crippen MR) is 92.8 cm³/mol. The predicted octanol–water partition coefficient (Wildman–Crippen LogP) is 2.62. The van der Waals surface area contributed by atoms with Crippen molar-refractivity contribution in [3.05, 3.63) is 16.6 Å². The molecule has 2 aliphatic rings. The van der Waals surface area contributed by atoms with E-state index in [2.05, 4.69) is 28.8 Å². The molecule has 0 bridgehead atoms. The van der Waals surface area contributed by atoms with Crippen molar-refractivity contribution in [2.45, 2.75) is 45.7 Å². The number of hydrogen-bond acceptors (Lipinski definition) is 4. The summed E-state index contributed by atoms with van der Waals surface area (Å²) in [7, 11) is 2.20. The molecule has 1 aromatic heterocycles. The fourth-order valence-electron chi connectivity index (χ4n) is 3.58. The number of rotatable bonds is 3. The monoisotopic (exact) mass is 331 g/mol. The van der Waals surface area contributed by atoms with Gasteiger partial charge in [-0.25, -0.2) is 4.98 Å². The maximum absolute atomic E-state index is 12.1. The Bertz CT molecular complexity index is 606. The SMILES string of the molecule is CC(C)C#CC(=O)N1CCC2(CC1)CC2N(C)Cc1nccs1.